The smallest absolute Gasteiger partial charge is 0.320 e. The van der Waals surface area contributed by atoms with Gasteiger partial charge in [-0.2, -0.15) is 8.78 Å². The predicted octanol–water partition coefficient (Wildman–Crippen LogP) is 2.63. The van der Waals surface area contributed by atoms with E-state index in [0.29, 0.717) is 0 Å². The maximum Gasteiger partial charge on any atom is 0.320 e. The van der Waals surface area contributed by atoms with Crippen molar-refractivity contribution < 1.29 is 26.0 Å². The first-order valence-corrected chi connectivity index (χ1v) is 7.59. The number of halogens is 6. The first-order chi connectivity index (χ1) is 9.51. The van der Waals surface area contributed by atoms with E-state index in [4.69, 9.17) is 28.9 Å². The van der Waals surface area contributed by atoms with Gasteiger partial charge in [-0.15, -0.1) is 0 Å². The molecule has 0 heterocycles. The third kappa shape index (κ3) is 4.43. The fourth-order valence-corrected chi connectivity index (χ4v) is 3.29. The van der Waals surface area contributed by atoms with Gasteiger partial charge in [0.05, 0.1) is 11.6 Å². The largest absolute Gasteiger partial charge is 0.326 e. The van der Waals surface area contributed by atoms with Crippen LogP contribution in [0, 0.1) is 0 Å². The summed E-state index contributed by atoms with van der Waals surface area (Å²) in [6, 6.07) is 2.21. The van der Waals surface area contributed by atoms with E-state index in [2.05, 4.69) is 0 Å². The lowest BCUT2D eigenvalue weighted by Gasteiger charge is -2.17. The molecule has 120 valence electrons. The van der Waals surface area contributed by atoms with Crippen LogP contribution in [-0.4, -0.2) is 27.3 Å². The van der Waals surface area contributed by atoms with E-state index >= 15 is 0 Å². The topological polar surface area (TPSA) is 72.2 Å². The Morgan fingerprint density at radius 1 is 1.29 bits per heavy atom. The molecule has 1 aromatic rings. The molecule has 1 aromatic carbocycles. The van der Waals surface area contributed by atoms with Gasteiger partial charge >= 0.3 is 12.3 Å². The average molecular weight is 369 g/mol. The standard InChI is InChI=1S/C10H10Cl2F4N2O2S/c11-6-1-5(3-17)8(12)7(2-6)21(19,20)18-4-10(15,16)9(13)14/h1-2,9,18H,3-4,17H2. The van der Waals surface area contributed by atoms with Gasteiger partial charge in [0.25, 0.3) is 0 Å². The van der Waals surface area contributed by atoms with Crippen molar-refractivity contribution >= 4 is 33.2 Å². The van der Waals surface area contributed by atoms with Crippen LogP contribution >= 0.6 is 23.2 Å². The first kappa shape index (κ1) is 18.4. The summed E-state index contributed by atoms with van der Waals surface area (Å²) in [4.78, 5) is -0.609. The molecule has 11 heteroatoms. The number of nitrogens with two attached hydrogens (primary N) is 1. The third-order valence-electron chi connectivity index (χ3n) is 2.41. The van der Waals surface area contributed by atoms with Gasteiger partial charge in [-0.3, -0.25) is 0 Å². The molecule has 1 rings (SSSR count). The number of benzene rings is 1. The maximum atomic E-state index is 12.8. The molecule has 21 heavy (non-hydrogen) atoms. The molecule has 0 aliphatic heterocycles. The Balaban J connectivity index is 3.12. The summed E-state index contributed by atoms with van der Waals surface area (Å²) in [7, 11) is -4.55. The van der Waals surface area contributed by atoms with Crippen LogP contribution in [0.2, 0.25) is 10.0 Å². The van der Waals surface area contributed by atoms with Crippen LogP contribution in [0.5, 0.6) is 0 Å². The van der Waals surface area contributed by atoms with Gasteiger partial charge in [0.2, 0.25) is 10.0 Å². The SMILES string of the molecule is NCc1cc(Cl)cc(S(=O)(=O)NCC(F)(F)C(F)F)c1Cl. The number of nitrogens with one attached hydrogen (secondary N) is 1. The number of rotatable bonds is 6. The molecule has 0 saturated carbocycles. The first-order valence-electron chi connectivity index (χ1n) is 5.35. The zero-order valence-corrected chi connectivity index (χ0v) is 12.5. The van der Waals surface area contributed by atoms with Crippen LogP contribution in [0.4, 0.5) is 17.6 Å². The highest BCUT2D eigenvalue weighted by molar-refractivity contribution is 7.89. The molecular weight excluding hydrogens is 359 g/mol. The van der Waals surface area contributed by atoms with E-state index in [-0.39, 0.29) is 22.2 Å². The predicted molar refractivity (Wildman–Crippen MR) is 70.5 cm³/mol. The molecule has 0 unspecified atom stereocenters. The quantitative estimate of drug-likeness (QED) is 0.758. The van der Waals surface area contributed by atoms with Crippen LogP contribution < -0.4 is 10.5 Å². The van der Waals surface area contributed by atoms with Gasteiger partial charge in [0.1, 0.15) is 4.90 Å². The summed E-state index contributed by atoms with van der Waals surface area (Å²) in [6.45, 7) is -1.91. The van der Waals surface area contributed by atoms with Crippen molar-refractivity contribution in [2.24, 2.45) is 5.73 Å². The van der Waals surface area contributed by atoms with Crippen molar-refractivity contribution in [2.75, 3.05) is 6.54 Å². The molecule has 0 aliphatic rings. The van der Waals surface area contributed by atoms with Crippen molar-refractivity contribution in [3.63, 3.8) is 0 Å². The minimum Gasteiger partial charge on any atom is -0.326 e. The van der Waals surface area contributed by atoms with E-state index in [1.54, 1.807) is 0 Å². The highest BCUT2D eigenvalue weighted by Gasteiger charge is 2.41. The third-order valence-corrected chi connectivity index (χ3v) is 4.61. The van der Waals surface area contributed by atoms with E-state index in [0.717, 1.165) is 6.07 Å². The van der Waals surface area contributed by atoms with Crippen molar-refractivity contribution in [1.82, 2.24) is 4.72 Å². The lowest BCUT2D eigenvalue weighted by atomic mass is 10.2. The summed E-state index contributed by atoms with van der Waals surface area (Å²) >= 11 is 11.5. The van der Waals surface area contributed by atoms with Crippen molar-refractivity contribution in [2.45, 2.75) is 23.8 Å². The van der Waals surface area contributed by atoms with Crippen LogP contribution in [0.15, 0.2) is 17.0 Å². The molecule has 3 N–H and O–H groups in total. The Kier molecular flexibility index (Phi) is 5.84. The molecule has 0 radical (unpaired) electrons. The average Bonchev–Trinajstić information content (AvgIpc) is 2.38. The highest BCUT2D eigenvalue weighted by atomic mass is 35.5. The molecule has 0 aromatic heterocycles. The molecule has 0 aliphatic carbocycles. The summed E-state index contributed by atoms with van der Waals surface area (Å²) in [5, 5.41) is -0.351. The summed E-state index contributed by atoms with van der Waals surface area (Å²) in [6.07, 6.45) is -4.00. The monoisotopic (exact) mass is 368 g/mol. The molecule has 0 atom stereocenters. The molecule has 0 saturated heterocycles. The number of hydrogen-bond donors (Lipinski definition) is 2. The normalized spacial score (nSPS) is 13.0. The zero-order chi connectivity index (χ0) is 16.4. The zero-order valence-electron chi connectivity index (χ0n) is 10.2. The number of sulfonamides is 1. The Labute approximate surface area is 128 Å². The Morgan fingerprint density at radius 2 is 1.86 bits per heavy atom. The van der Waals surface area contributed by atoms with Crippen LogP contribution in [0.25, 0.3) is 0 Å². The summed E-state index contributed by atoms with van der Waals surface area (Å²) in [5.41, 5.74) is 5.51. The second-order valence-corrected chi connectivity index (χ2v) is 6.52. The van der Waals surface area contributed by atoms with Crippen molar-refractivity contribution in [3.05, 3.63) is 27.7 Å². The van der Waals surface area contributed by atoms with Crippen molar-refractivity contribution in [3.8, 4) is 0 Å². The number of alkyl halides is 4. The molecule has 0 amide bonds. The van der Waals surface area contributed by atoms with E-state index in [1.807, 2.05) is 0 Å². The van der Waals surface area contributed by atoms with Crippen LogP contribution in [0.1, 0.15) is 5.56 Å². The van der Waals surface area contributed by atoms with Gasteiger partial charge in [0.15, 0.2) is 0 Å². The minimum atomic E-state index is -4.55. The second-order valence-electron chi connectivity index (χ2n) is 3.97. The Bertz CT molecular complexity index is 626. The molecule has 4 nitrogen and oxygen atoms in total. The van der Waals surface area contributed by atoms with E-state index < -0.39 is 33.8 Å². The van der Waals surface area contributed by atoms with Gasteiger partial charge < -0.3 is 5.73 Å². The van der Waals surface area contributed by atoms with Gasteiger partial charge in [-0.1, -0.05) is 23.2 Å². The fourth-order valence-electron chi connectivity index (χ4n) is 1.31. The molecule has 0 spiro atoms. The lowest BCUT2D eigenvalue weighted by Crippen LogP contribution is -2.41. The lowest BCUT2D eigenvalue weighted by molar-refractivity contribution is -0.122. The van der Waals surface area contributed by atoms with E-state index in [9.17, 15) is 26.0 Å². The van der Waals surface area contributed by atoms with E-state index in [1.165, 1.54) is 10.8 Å². The fraction of sp³-hybridized carbons (Fsp3) is 0.400. The number of hydrogen-bond acceptors (Lipinski definition) is 3. The highest BCUT2D eigenvalue weighted by Crippen LogP contribution is 2.30. The second kappa shape index (κ2) is 6.66. The van der Waals surface area contributed by atoms with Crippen LogP contribution in [-0.2, 0) is 16.6 Å². The minimum absolute atomic E-state index is 0.0409. The molecular formula is C10H10Cl2F4N2O2S. The van der Waals surface area contributed by atoms with Crippen molar-refractivity contribution in [1.29, 1.82) is 0 Å². The summed E-state index contributed by atoms with van der Waals surface area (Å²) in [5.74, 6) is -4.51. The van der Waals surface area contributed by atoms with Crippen LogP contribution in [0.3, 0.4) is 0 Å². The maximum absolute atomic E-state index is 12.8. The van der Waals surface area contributed by atoms with Gasteiger partial charge in [-0.25, -0.2) is 21.9 Å². The molecule has 0 bridgehead atoms. The summed E-state index contributed by atoms with van der Waals surface area (Å²) < 4.78 is 74.6. The van der Waals surface area contributed by atoms with Gasteiger partial charge in [0, 0.05) is 11.6 Å². The Morgan fingerprint density at radius 3 is 2.33 bits per heavy atom. The molecule has 0 fully saturated rings. The Hall–Kier alpha value is -0.610. The van der Waals surface area contributed by atoms with Gasteiger partial charge in [-0.05, 0) is 17.7 Å².